The predicted octanol–water partition coefficient (Wildman–Crippen LogP) is 0.663. The van der Waals surface area contributed by atoms with Crippen molar-refractivity contribution in [2.75, 3.05) is 13.1 Å². The third kappa shape index (κ3) is 9.31. The Bertz CT molecular complexity index is 828. The average molecular weight is 425 g/mol. The quantitative estimate of drug-likeness (QED) is 0.168. The van der Waals surface area contributed by atoms with Crippen molar-refractivity contribution in [3.05, 3.63) is 71.8 Å². The highest BCUT2D eigenvalue weighted by Gasteiger charge is 2.23. The molecule has 0 unspecified atom stereocenters. The van der Waals surface area contributed by atoms with E-state index >= 15 is 0 Å². The van der Waals surface area contributed by atoms with Crippen LogP contribution in [0.15, 0.2) is 60.7 Å². The van der Waals surface area contributed by atoms with Crippen LogP contribution < -0.4 is 27.4 Å². The number of benzene rings is 2. The normalized spacial score (nSPS) is 12.4. The van der Waals surface area contributed by atoms with Gasteiger partial charge in [0.1, 0.15) is 6.04 Å². The standard InChI is InChI=1S/C23H32N6O2/c24-19(16-18-10-5-2-6-11-18)21(30)29-20(12-7-14-28-23(25)26)22(31)27-15-13-17-8-3-1-4-9-17/h1-6,8-11,19-20H,7,12-16,24H2,(H,27,31)(H,29,30)(H4,25,26,28)/t19-,20+/m0/s1. The highest BCUT2D eigenvalue weighted by atomic mass is 16.2. The number of guanidine groups is 1. The maximum atomic E-state index is 12.7. The first-order chi connectivity index (χ1) is 15.0. The van der Waals surface area contributed by atoms with Crippen molar-refractivity contribution < 1.29 is 9.59 Å². The minimum absolute atomic E-state index is 0.127. The highest BCUT2D eigenvalue weighted by molar-refractivity contribution is 5.89. The van der Waals surface area contributed by atoms with Gasteiger partial charge in [0.2, 0.25) is 11.8 Å². The summed E-state index contributed by atoms with van der Waals surface area (Å²) in [5.74, 6) is -0.747. The summed E-state index contributed by atoms with van der Waals surface area (Å²) in [5, 5.41) is 15.6. The van der Waals surface area contributed by atoms with Crippen LogP contribution in [0.4, 0.5) is 0 Å². The summed E-state index contributed by atoms with van der Waals surface area (Å²) in [4.78, 5) is 25.3. The van der Waals surface area contributed by atoms with Gasteiger partial charge >= 0.3 is 0 Å². The van der Waals surface area contributed by atoms with Crippen LogP contribution in [0.3, 0.4) is 0 Å². The zero-order valence-electron chi connectivity index (χ0n) is 17.6. The van der Waals surface area contributed by atoms with Gasteiger partial charge in [0, 0.05) is 13.1 Å². The van der Waals surface area contributed by atoms with E-state index in [0.29, 0.717) is 38.8 Å². The van der Waals surface area contributed by atoms with Gasteiger partial charge in [-0.25, -0.2) is 0 Å². The lowest BCUT2D eigenvalue weighted by atomic mass is 10.0. The summed E-state index contributed by atoms with van der Waals surface area (Å²) in [6.45, 7) is 0.909. The fourth-order valence-corrected chi connectivity index (χ4v) is 3.14. The van der Waals surface area contributed by atoms with E-state index in [-0.39, 0.29) is 17.8 Å². The summed E-state index contributed by atoms with van der Waals surface area (Å²) in [6.07, 6.45) is 2.05. The van der Waals surface area contributed by atoms with Gasteiger partial charge in [-0.1, -0.05) is 60.7 Å². The molecule has 166 valence electrons. The molecule has 0 aromatic heterocycles. The van der Waals surface area contributed by atoms with Gasteiger partial charge in [-0.2, -0.15) is 0 Å². The number of amides is 2. The molecule has 0 radical (unpaired) electrons. The minimum Gasteiger partial charge on any atom is -0.370 e. The van der Waals surface area contributed by atoms with E-state index in [0.717, 1.165) is 11.1 Å². The van der Waals surface area contributed by atoms with E-state index in [1.54, 1.807) is 0 Å². The SMILES string of the molecule is N=C(N)NCCC[C@@H](NC(=O)[C@@H](N)Cc1ccccc1)C(=O)NCCc1ccccc1. The number of carbonyl (C=O) groups is 2. The van der Waals surface area contributed by atoms with Crippen LogP contribution in [-0.2, 0) is 22.4 Å². The largest absolute Gasteiger partial charge is 0.370 e. The molecule has 2 rings (SSSR count). The van der Waals surface area contributed by atoms with Gasteiger partial charge in [-0.3, -0.25) is 15.0 Å². The van der Waals surface area contributed by atoms with Crippen molar-refractivity contribution in [3.8, 4) is 0 Å². The van der Waals surface area contributed by atoms with Crippen LogP contribution in [0, 0.1) is 5.41 Å². The summed E-state index contributed by atoms with van der Waals surface area (Å²) < 4.78 is 0. The van der Waals surface area contributed by atoms with Crippen molar-refractivity contribution in [2.24, 2.45) is 11.5 Å². The van der Waals surface area contributed by atoms with Crippen molar-refractivity contribution in [3.63, 3.8) is 0 Å². The molecule has 0 bridgehead atoms. The molecule has 8 heteroatoms. The fourth-order valence-electron chi connectivity index (χ4n) is 3.14. The molecule has 0 aliphatic carbocycles. The molecule has 0 saturated carbocycles. The van der Waals surface area contributed by atoms with Crippen LogP contribution in [-0.4, -0.2) is 42.9 Å². The molecule has 0 fully saturated rings. The molecule has 0 aliphatic rings. The van der Waals surface area contributed by atoms with Crippen molar-refractivity contribution in [1.29, 1.82) is 5.41 Å². The van der Waals surface area contributed by atoms with E-state index in [2.05, 4.69) is 16.0 Å². The molecule has 31 heavy (non-hydrogen) atoms. The Hall–Kier alpha value is -3.39. The number of nitrogens with one attached hydrogen (secondary N) is 4. The van der Waals surface area contributed by atoms with E-state index in [1.165, 1.54) is 0 Å². The third-order valence-electron chi connectivity index (χ3n) is 4.81. The Kier molecular flexibility index (Phi) is 10.0. The molecular weight excluding hydrogens is 392 g/mol. The average Bonchev–Trinajstić information content (AvgIpc) is 2.76. The van der Waals surface area contributed by atoms with Gasteiger partial charge in [0.15, 0.2) is 5.96 Å². The summed E-state index contributed by atoms with van der Waals surface area (Å²) in [5.41, 5.74) is 13.4. The lowest BCUT2D eigenvalue weighted by Crippen LogP contribution is -2.52. The fraction of sp³-hybridized carbons (Fsp3) is 0.348. The van der Waals surface area contributed by atoms with E-state index in [9.17, 15) is 9.59 Å². The molecule has 8 nitrogen and oxygen atoms in total. The Morgan fingerprint density at radius 1 is 0.871 bits per heavy atom. The molecule has 0 aliphatic heterocycles. The van der Waals surface area contributed by atoms with Crippen LogP contribution in [0.2, 0.25) is 0 Å². The third-order valence-corrected chi connectivity index (χ3v) is 4.81. The zero-order chi connectivity index (χ0) is 22.5. The number of hydrogen-bond donors (Lipinski definition) is 6. The smallest absolute Gasteiger partial charge is 0.242 e. The second kappa shape index (κ2) is 13.0. The monoisotopic (exact) mass is 424 g/mol. The minimum atomic E-state index is -0.752. The first-order valence-electron chi connectivity index (χ1n) is 10.4. The molecule has 2 amide bonds. The molecule has 0 saturated heterocycles. The van der Waals surface area contributed by atoms with Gasteiger partial charge in [0.25, 0.3) is 0 Å². The zero-order valence-corrected chi connectivity index (χ0v) is 17.6. The summed E-state index contributed by atoms with van der Waals surface area (Å²) in [6, 6.07) is 17.9. The molecular formula is C23H32N6O2. The molecule has 2 aromatic rings. The highest BCUT2D eigenvalue weighted by Crippen LogP contribution is 2.04. The van der Waals surface area contributed by atoms with Crippen LogP contribution >= 0.6 is 0 Å². The van der Waals surface area contributed by atoms with Crippen molar-refractivity contribution in [1.82, 2.24) is 16.0 Å². The van der Waals surface area contributed by atoms with Crippen molar-refractivity contribution >= 4 is 17.8 Å². The summed E-state index contributed by atoms with van der Waals surface area (Å²) >= 11 is 0. The molecule has 0 heterocycles. The van der Waals surface area contributed by atoms with Gasteiger partial charge in [0.05, 0.1) is 6.04 Å². The number of carbonyl (C=O) groups excluding carboxylic acids is 2. The Balaban J connectivity index is 1.89. The van der Waals surface area contributed by atoms with Crippen LogP contribution in [0.25, 0.3) is 0 Å². The van der Waals surface area contributed by atoms with E-state index in [1.807, 2.05) is 60.7 Å². The second-order valence-corrected chi connectivity index (χ2v) is 7.37. The van der Waals surface area contributed by atoms with E-state index in [4.69, 9.17) is 16.9 Å². The van der Waals surface area contributed by atoms with Gasteiger partial charge in [-0.05, 0) is 36.8 Å². The van der Waals surface area contributed by atoms with E-state index < -0.39 is 12.1 Å². The van der Waals surface area contributed by atoms with Gasteiger partial charge < -0.3 is 27.4 Å². The number of rotatable bonds is 12. The first-order valence-corrected chi connectivity index (χ1v) is 10.4. The number of hydrogen-bond acceptors (Lipinski definition) is 4. The molecule has 8 N–H and O–H groups in total. The van der Waals surface area contributed by atoms with Gasteiger partial charge in [-0.15, -0.1) is 0 Å². The van der Waals surface area contributed by atoms with Crippen LogP contribution in [0.5, 0.6) is 0 Å². The maximum absolute atomic E-state index is 12.7. The maximum Gasteiger partial charge on any atom is 0.242 e. The topological polar surface area (TPSA) is 146 Å². The lowest BCUT2D eigenvalue weighted by Gasteiger charge is -2.21. The first kappa shape index (κ1) is 23.9. The number of nitrogens with two attached hydrogens (primary N) is 2. The Morgan fingerprint density at radius 3 is 2.10 bits per heavy atom. The Labute approximate surface area is 183 Å². The Morgan fingerprint density at radius 2 is 1.48 bits per heavy atom. The molecule has 2 atom stereocenters. The second-order valence-electron chi connectivity index (χ2n) is 7.37. The molecule has 2 aromatic carbocycles. The predicted molar refractivity (Wildman–Crippen MR) is 122 cm³/mol. The lowest BCUT2D eigenvalue weighted by molar-refractivity contribution is -0.129. The van der Waals surface area contributed by atoms with Crippen LogP contribution in [0.1, 0.15) is 24.0 Å². The van der Waals surface area contributed by atoms with Crippen molar-refractivity contribution in [2.45, 2.75) is 37.8 Å². The summed E-state index contributed by atoms with van der Waals surface area (Å²) in [7, 11) is 0. The molecule has 0 spiro atoms.